The fourth-order valence-electron chi connectivity index (χ4n) is 2.30. The van der Waals surface area contributed by atoms with Crippen LogP contribution < -0.4 is 20.1 Å². The van der Waals surface area contributed by atoms with E-state index in [2.05, 4.69) is 26.6 Å². The molecule has 3 rings (SSSR count). The third-order valence-electron chi connectivity index (χ3n) is 3.60. The van der Waals surface area contributed by atoms with Gasteiger partial charge in [-0.05, 0) is 48.0 Å². The first kappa shape index (κ1) is 18.0. The highest BCUT2D eigenvalue weighted by Gasteiger charge is 2.12. The molecule has 1 heterocycles. The van der Waals surface area contributed by atoms with Gasteiger partial charge in [0.15, 0.2) is 11.5 Å². The number of nitrogens with one attached hydrogen (secondary N) is 2. The molecule has 0 radical (unpaired) electrons. The van der Waals surface area contributed by atoms with Crippen molar-refractivity contribution < 1.29 is 19.1 Å². The maximum atomic E-state index is 11.8. The van der Waals surface area contributed by atoms with Crippen molar-refractivity contribution in [3.05, 3.63) is 58.6 Å². The van der Waals surface area contributed by atoms with Gasteiger partial charge in [0.25, 0.3) is 0 Å². The van der Waals surface area contributed by atoms with E-state index in [0.29, 0.717) is 17.2 Å². The maximum absolute atomic E-state index is 11.8. The van der Waals surface area contributed by atoms with Gasteiger partial charge in [-0.15, -0.1) is 0 Å². The van der Waals surface area contributed by atoms with Crippen LogP contribution >= 0.6 is 15.9 Å². The number of hydrogen-bond acceptors (Lipinski definition) is 4. The monoisotopic (exact) mass is 416 g/mol. The van der Waals surface area contributed by atoms with Crippen LogP contribution in [0.1, 0.15) is 12.0 Å². The minimum absolute atomic E-state index is 0.160. The van der Waals surface area contributed by atoms with Crippen LogP contribution in [-0.4, -0.2) is 25.2 Å². The van der Waals surface area contributed by atoms with E-state index < -0.39 is 0 Å². The number of ether oxygens (including phenoxy) is 2. The lowest BCUT2D eigenvalue weighted by molar-refractivity contribution is -0.117. The zero-order valence-electron chi connectivity index (χ0n) is 13.8. The van der Waals surface area contributed by atoms with Crippen molar-refractivity contribution >= 4 is 39.5 Å². The molecule has 2 aromatic carbocycles. The number of hydrogen-bond donors (Lipinski definition) is 2. The minimum atomic E-state index is -0.265. The van der Waals surface area contributed by atoms with Crippen LogP contribution in [-0.2, 0) is 9.59 Å². The molecule has 26 heavy (non-hydrogen) atoms. The fourth-order valence-corrected chi connectivity index (χ4v) is 2.57. The van der Waals surface area contributed by atoms with Crippen LogP contribution in [0.3, 0.4) is 0 Å². The normalized spacial score (nSPS) is 12.2. The third kappa shape index (κ3) is 5.10. The van der Waals surface area contributed by atoms with Crippen LogP contribution in [0.15, 0.2) is 53.0 Å². The predicted octanol–water partition coefficient (Wildman–Crippen LogP) is 3.34. The number of carbonyl (C=O) groups is 2. The van der Waals surface area contributed by atoms with Crippen LogP contribution in [0, 0.1) is 0 Å². The first-order chi connectivity index (χ1) is 12.6. The Morgan fingerprint density at radius 3 is 2.65 bits per heavy atom. The molecule has 0 aliphatic carbocycles. The van der Waals surface area contributed by atoms with Gasteiger partial charge in [-0.2, -0.15) is 0 Å². The van der Waals surface area contributed by atoms with Crippen LogP contribution in [0.5, 0.6) is 11.5 Å². The lowest BCUT2D eigenvalue weighted by Crippen LogP contribution is -2.26. The summed E-state index contributed by atoms with van der Waals surface area (Å²) in [5.41, 5.74) is 1.55. The van der Waals surface area contributed by atoms with E-state index in [1.165, 1.54) is 6.08 Å². The topological polar surface area (TPSA) is 76.7 Å². The number of fused-ring (bicyclic) bond motifs is 1. The number of anilines is 1. The summed E-state index contributed by atoms with van der Waals surface area (Å²) in [7, 11) is 0. The molecule has 0 saturated carbocycles. The summed E-state index contributed by atoms with van der Waals surface area (Å²) in [5, 5.41) is 5.45. The van der Waals surface area contributed by atoms with Crippen molar-refractivity contribution in [2.75, 3.05) is 18.7 Å². The predicted molar refractivity (Wildman–Crippen MR) is 102 cm³/mol. The molecule has 2 N–H and O–H groups in total. The van der Waals surface area contributed by atoms with Gasteiger partial charge in [-0.3, -0.25) is 9.59 Å². The Hall–Kier alpha value is -2.80. The molecule has 0 bridgehead atoms. The molecular formula is C19H17BrN2O4. The largest absolute Gasteiger partial charge is 0.454 e. The molecule has 0 atom stereocenters. The van der Waals surface area contributed by atoms with Crippen molar-refractivity contribution in [2.24, 2.45) is 0 Å². The summed E-state index contributed by atoms with van der Waals surface area (Å²) in [4.78, 5) is 23.7. The Morgan fingerprint density at radius 2 is 1.85 bits per heavy atom. The molecule has 0 unspecified atom stereocenters. The van der Waals surface area contributed by atoms with Crippen molar-refractivity contribution in [1.82, 2.24) is 5.32 Å². The van der Waals surface area contributed by atoms with Gasteiger partial charge in [-0.25, -0.2) is 0 Å². The molecule has 1 aliphatic rings. The third-order valence-corrected chi connectivity index (χ3v) is 4.13. The number of carbonyl (C=O) groups excluding carboxylic acids is 2. The average Bonchev–Trinajstić information content (AvgIpc) is 3.10. The van der Waals surface area contributed by atoms with Gasteiger partial charge in [0.1, 0.15) is 0 Å². The quantitative estimate of drug-likeness (QED) is 0.707. The number of benzene rings is 2. The molecule has 0 saturated heterocycles. The second kappa shape index (κ2) is 8.53. The Bertz CT molecular complexity index is 834. The molecule has 1 aliphatic heterocycles. The lowest BCUT2D eigenvalue weighted by Gasteiger charge is -2.05. The van der Waals surface area contributed by atoms with Gasteiger partial charge < -0.3 is 20.1 Å². The summed E-state index contributed by atoms with van der Waals surface area (Å²) in [6.45, 7) is 0.470. The average molecular weight is 417 g/mol. The summed E-state index contributed by atoms with van der Waals surface area (Å²) in [6, 6.07) is 12.7. The second-order valence-corrected chi connectivity index (χ2v) is 6.46. The Balaban J connectivity index is 1.41. The van der Waals surface area contributed by atoms with Crippen molar-refractivity contribution in [3.8, 4) is 11.5 Å². The molecule has 7 heteroatoms. The molecule has 0 spiro atoms. The fraction of sp³-hybridized carbons (Fsp3) is 0.158. The van der Waals surface area contributed by atoms with E-state index in [0.717, 1.165) is 10.0 Å². The molecular weight excluding hydrogens is 400 g/mol. The van der Waals surface area contributed by atoms with Gasteiger partial charge in [-0.1, -0.05) is 22.0 Å². The SMILES string of the molecule is O=C(/C=C/c1ccc2c(c1)OCO2)NCCC(=O)Nc1ccc(Br)cc1. The second-order valence-electron chi connectivity index (χ2n) is 5.54. The van der Waals surface area contributed by atoms with Gasteiger partial charge in [0, 0.05) is 29.2 Å². The Morgan fingerprint density at radius 1 is 1.08 bits per heavy atom. The first-order valence-electron chi connectivity index (χ1n) is 8.01. The summed E-state index contributed by atoms with van der Waals surface area (Å²) < 4.78 is 11.5. The highest BCUT2D eigenvalue weighted by atomic mass is 79.9. The van der Waals surface area contributed by atoms with Gasteiger partial charge in [0.2, 0.25) is 18.6 Å². The summed E-state index contributed by atoms with van der Waals surface area (Å²) in [5.74, 6) is 0.937. The van der Waals surface area contributed by atoms with E-state index in [1.54, 1.807) is 30.3 Å². The lowest BCUT2D eigenvalue weighted by atomic mass is 10.2. The Labute approximate surface area is 159 Å². The van der Waals surface area contributed by atoms with E-state index in [-0.39, 0.29) is 31.6 Å². The van der Waals surface area contributed by atoms with Crippen LogP contribution in [0.25, 0.3) is 6.08 Å². The molecule has 134 valence electrons. The van der Waals surface area contributed by atoms with E-state index in [4.69, 9.17) is 9.47 Å². The number of rotatable bonds is 6. The Kier molecular flexibility index (Phi) is 5.91. The molecule has 0 aromatic heterocycles. The summed E-state index contributed by atoms with van der Waals surface area (Å²) in [6.07, 6.45) is 3.29. The highest BCUT2D eigenvalue weighted by molar-refractivity contribution is 9.10. The van der Waals surface area contributed by atoms with Crippen molar-refractivity contribution in [1.29, 1.82) is 0 Å². The van der Waals surface area contributed by atoms with Gasteiger partial charge in [0.05, 0.1) is 0 Å². The van der Waals surface area contributed by atoms with Crippen LogP contribution in [0.2, 0.25) is 0 Å². The number of halogens is 1. The van der Waals surface area contributed by atoms with Crippen molar-refractivity contribution in [2.45, 2.75) is 6.42 Å². The van der Waals surface area contributed by atoms with Crippen molar-refractivity contribution in [3.63, 3.8) is 0 Å². The highest BCUT2D eigenvalue weighted by Crippen LogP contribution is 2.32. The standard InChI is InChI=1S/C19H17BrN2O4/c20-14-3-5-15(6-4-14)22-19(24)9-10-21-18(23)8-2-13-1-7-16-17(11-13)26-12-25-16/h1-8,11H,9-10,12H2,(H,21,23)(H,22,24)/b8-2+. The molecule has 6 nitrogen and oxygen atoms in total. The molecule has 2 amide bonds. The maximum Gasteiger partial charge on any atom is 0.244 e. The number of amides is 2. The van der Waals surface area contributed by atoms with E-state index >= 15 is 0 Å². The van der Waals surface area contributed by atoms with Gasteiger partial charge >= 0.3 is 0 Å². The zero-order valence-corrected chi connectivity index (χ0v) is 15.4. The van der Waals surface area contributed by atoms with Crippen LogP contribution in [0.4, 0.5) is 5.69 Å². The summed E-state index contributed by atoms with van der Waals surface area (Å²) >= 11 is 3.34. The van der Waals surface area contributed by atoms with E-state index in [1.807, 2.05) is 18.2 Å². The smallest absolute Gasteiger partial charge is 0.244 e. The zero-order chi connectivity index (χ0) is 18.4. The van der Waals surface area contributed by atoms with E-state index in [9.17, 15) is 9.59 Å². The first-order valence-corrected chi connectivity index (χ1v) is 8.80. The molecule has 2 aromatic rings. The molecule has 0 fully saturated rings. The minimum Gasteiger partial charge on any atom is -0.454 e.